The molecule has 1 aromatic rings. The Hall–Kier alpha value is -0.650. The Kier molecular flexibility index (Phi) is 4.48. The second-order valence-electron chi connectivity index (χ2n) is 5.67. The van der Waals surface area contributed by atoms with Gasteiger partial charge in [-0.2, -0.15) is 5.10 Å². The average molecular weight is 289 g/mol. The van der Waals surface area contributed by atoms with Crippen LogP contribution in [0.5, 0.6) is 0 Å². The summed E-state index contributed by atoms with van der Waals surface area (Å²) in [6.45, 7) is 1.45. The van der Waals surface area contributed by atoms with E-state index in [1.54, 1.807) is 10.9 Å². The minimum atomic E-state index is -1.38. The molecule has 1 aromatic heterocycles. The van der Waals surface area contributed by atoms with Gasteiger partial charge >= 0.3 is 0 Å². The summed E-state index contributed by atoms with van der Waals surface area (Å²) < 4.78 is 16.9. The van der Waals surface area contributed by atoms with Crippen molar-refractivity contribution in [1.82, 2.24) is 14.7 Å². The van der Waals surface area contributed by atoms with Crippen molar-refractivity contribution in [2.75, 3.05) is 20.6 Å². The number of nitrogens with two attached hydrogens (primary N) is 1. The lowest BCUT2D eigenvalue weighted by Crippen LogP contribution is -2.36. The summed E-state index contributed by atoms with van der Waals surface area (Å²) >= 11 is 6.15. The Morgan fingerprint density at radius 2 is 2.16 bits per heavy atom. The summed E-state index contributed by atoms with van der Waals surface area (Å²) in [7, 11) is 3.96. The maximum absolute atomic E-state index is 15.1. The summed E-state index contributed by atoms with van der Waals surface area (Å²) in [4.78, 5) is 2.04. The van der Waals surface area contributed by atoms with Crippen LogP contribution >= 0.6 is 11.6 Å². The van der Waals surface area contributed by atoms with E-state index in [9.17, 15) is 0 Å². The molecule has 0 bridgehead atoms. The van der Waals surface area contributed by atoms with Crippen molar-refractivity contribution >= 4 is 11.6 Å². The zero-order chi connectivity index (χ0) is 14.0. The highest BCUT2D eigenvalue weighted by atomic mass is 35.5. The van der Waals surface area contributed by atoms with Gasteiger partial charge in [0.05, 0.1) is 23.5 Å². The van der Waals surface area contributed by atoms with Crippen molar-refractivity contribution in [1.29, 1.82) is 0 Å². The highest BCUT2D eigenvalue weighted by Crippen LogP contribution is 2.43. The predicted octanol–water partition coefficient (Wildman–Crippen LogP) is 2.16. The monoisotopic (exact) mass is 288 g/mol. The van der Waals surface area contributed by atoms with Gasteiger partial charge in [-0.15, -0.1) is 0 Å². The zero-order valence-corrected chi connectivity index (χ0v) is 12.3. The van der Waals surface area contributed by atoms with Gasteiger partial charge in [0.15, 0.2) is 5.67 Å². The molecule has 1 aliphatic carbocycles. The highest BCUT2D eigenvalue weighted by molar-refractivity contribution is 6.31. The fourth-order valence-electron chi connectivity index (χ4n) is 2.61. The Balaban J connectivity index is 2.20. The molecule has 1 saturated carbocycles. The molecule has 2 rings (SSSR count). The van der Waals surface area contributed by atoms with Crippen LogP contribution in [0, 0.1) is 0 Å². The minimum Gasteiger partial charge on any atom is -0.328 e. The normalized spacial score (nSPS) is 28.0. The van der Waals surface area contributed by atoms with Gasteiger partial charge in [-0.3, -0.25) is 4.68 Å². The van der Waals surface area contributed by atoms with E-state index in [-0.39, 0.29) is 6.04 Å². The van der Waals surface area contributed by atoms with Crippen LogP contribution in [-0.2, 0) is 12.2 Å². The first-order chi connectivity index (χ1) is 8.92. The molecule has 2 N–H and O–H groups in total. The molecule has 1 fully saturated rings. The van der Waals surface area contributed by atoms with Crippen LogP contribution in [-0.4, -0.2) is 41.4 Å². The first-order valence-electron chi connectivity index (χ1n) is 6.73. The van der Waals surface area contributed by atoms with Gasteiger partial charge in [-0.25, -0.2) is 4.39 Å². The fraction of sp³-hybridized carbons (Fsp3) is 0.769. The third-order valence-electron chi connectivity index (χ3n) is 3.80. The van der Waals surface area contributed by atoms with E-state index in [0.717, 1.165) is 6.54 Å². The van der Waals surface area contributed by atoms with Crippen LogP contribution in [0.2, 0.25) is 5.02 Å². The molecule has 0 unspecified atom stereocenters. The Labute approximate surface area is 118 Å². The van der Waals surface area contributed by atoms with Crippen LogP contribution in [0.3, 0.4) is 0 Å². The maximum atomic E-state index is 15.1. The van der Waals surface area contributed by atoms with Crippen molar-refractivity contribution in [2.24, 2.45) is 5.73 Å². The molecule has 4 nitrogen and oxygen atoms in total. The Bertz CT molecular complexity index is 424. The van der Waals surface area contributed by atoms with Crippen molar-refractivity contribution in [2.45, 2.75) is 43.9 Å². The van der Waals surface area contributed by atoms with Gasteiger partial charge in [0.2, 0.25) is 0 Å². The first kappa shape index (κ1) is 14.8. The smallest absolute Gasteiger partial charge is 0.154 e. The molecule has 0 atom stereocenters. The lowest BCUT2D eigenvalue weighted by molar-refractivity contribution is 0.0864. The van der Waals surface area contributed by atoms with E-state index in [1.807, 2.05) is 19.0 Å². The number of hydrogen-bond acceptors (Lipinski definition) is 3. The van der Waals surface area contributed by atoms with Gasteiger partial charge in [-0.1, -0.05) is 11.6 Å². The third-order valence-corrected chi connectivity index (χ3v) is 4.08. The molecule has 0 amide bonds. The second-order valence-corrected chi connectivity index (χ2v) is 6.08. The number of rotatable bonds is 4. The van der Waals surface area contributed by atoms with Gasteiger partial charge in [0.1, 0.15) is 0 Å². The molecule has 0 radical (unpaired) electrons. The lowest BCUT2D eigenvalue weighted by Gasteiger charge is -2.33. The summed E-state index contributed by atoms with van der Waals surface area (Å²) in [5.41, 5.74) is 5.01. The van der Waals surface area contributed by atoms with E-state index in [4.69, 9.17) is 17.3 Å². The predicted molar refractivity (Wildman–Crippen MR) is 75.0 cm³/mol. The fourth-order valence-corrected chi connectivity index (χ4v) is 2.92. The van der Waals surface area contributed by atoms with Crippen molar-refractivity contribution in [3.63, 3.8) is 0 Å². The van der Waals surface area contributed by atoms with E-state index in [1.165, 1.54) is 0 Å². The SMILES string of the molecule is CN(C)CCn1ncc(Cl)c1C1(F)CCC(N)CC1. The number of hydrogen-bond donors (Lipinski definition) is 1. The standard InChI is InChI=1S/C13H22ClFN4/c1-18(2)7-8-19-12(11(14)9-17-19)13(15)5-3-10(16)4-6-13/h9-10H,3-8,16H2,1-2H3. The second kappa shape index (κ2) is 5.77. The molecular formula is C13H22ClFN4. The van der Waals surface area contributed by atoms with Crippen molar-refractivity contribution < 1.29 is 4.39 Å². The molecule has 1 aliphatic rings. The van der Waals surface area contributed by atoms with Crippen molar-refractivity contribution in [3.05, 3.63) is 16.9 Å². The number of likely N-dealkylation sites (N-methyl/N-ethyl adjacent to an activating group) is 1. The number of nitrogens with zero attached hydrogens (tertiary/aromatic N) is 3. The minimum absolute atomic E-state index is 0.112. The topological polar surface area (TPSA) is 47.1 Å². The van der Waals surface area contributed by atoms with E-state index in [0.29, 0.717) is 42.9 Å². The van der Waals surface area contributed by atoms with Crippen LogP contribution in [0.4, 0.5) is 4.39 Å². The molecule has 1 heterocycles. The highest BCUT2D eigenvalue weighted by Gasteiger charge is 2.40. The van der Waals surface area contributed by atoms with Crippen LogP contribution in [0.25, 0.3) is 0 Å². The van der Waals surface area contributed by atoms with Crippen LogP contribution in [0.15, 0.2) is 6.20 Å². The van der Waals surface area contributed by atoms with Gasteiger partial charge in [0.25, 0.3) is 0 Å². The number of alkyl halides is 1. The third kappa shape index (κ3) is 3.27. The van der Waals surface area contributed by atoms with E-state index < -0.39 is 5.67 Å². The average Bonchev–Trinajstić information content (AvgIpc) is 2.73. The van der Waals surface area contributed by atoms with E-state index in [2.05, 4.69) is 5.10 Å². The quantitative estimate of drug-likeness (QED) is 0.924. The van der Waals surface area contributed by atoms with Gasteiger partial charge in [0, 0.05) is 12.6 Å². The summed E-state index contributed by atoms with van der Waals surface area (Å²) in [5, 5.41) is 4.64. The Morgan fingerprint density at radius 1 is 1.53 bits per heavy atom. The molecule has 0 aliphatic heterocycles. The lowest BCUT2D eigenvalue weighted by atomic mass is 9.81. The summed E-state index contributed by atoms with van der Waals surface area (Å²) in [6.07, 6.45) is 3.81. The summed E-state index contributed by atoms with van der Waals surface area (Å²) in [5.74, 6) is 0. The Morgan fingerprint density at radius 3 is 2.74 bits per heavy atom. The summed E-state index contributed by atoms with van der Waals surface area (Å²) in [6, 6.07) is 0.112. The van der Waals surface area contributed by atoms with Crippen molar-refractivity contribution in [3.8, 4) is 0 Å². The maximum Gasteiger partial charge on any atom is 0.154 e. The van der Waals surface area contributed by atoms with Crippen LogP contribution in [0.1, 0.15) is 31.4 Å². The molecule has 0 saturated heterocycles. The number of aromatic nitrogens is 2. The van der Waals surface area contributed by atoms with Gasteiger partial charge < -0.3 is 10.6 Å². The number of halogens is 2. The molecule has 0 aromatic carbocycles. The molecule has 6 heteroatoms. The molecule has 19 heavy (non-hydrogen) atoms. The van der Waals surface area contributed by atoms with Gasteiger partial charge in [-0.05, 0) is 39.8 Å². The van der Waals surface area contributed by atoms with Crippen LogP contribution < -0.4 is 5.73 Å². The molecular weight excluding hydrogens is 267 g/mol. The zero-order valence-electron chi connectivity index (χ0n) is 11.6. The molecule has 0 spiro atoms. The van der Waals surface area contributed by atoms with E-state index >= 15 is 4.39 Å². The largest absolute Gasteiger partial charge is 0.328 e. The first-order valence-corrected chi connectivity index (χ1v) is 7.11. The molecule has 108 valence electrons.